The number of anilines is 1. The molecule has 12 nitrogen and oxygen atoms in total. The molecule has 2 aromatic heterocycles. The Bertz CT molecular complexity index is 1950. The number of rotatable bonds is 7. The molecule has 256 valence electrons. The van der Waals surface area contributed by atoms with Crippen LogP contribution in [0.4, 0.5) is 5.69 Å². The highest BCUT2D eigenvalue weighted by Crippen LogP contribution is 2.59. The zero-order valence-electron chi connectivity index (χ0n) is 28.3. The van der Waals surface area contributed by atoms with Crippen LogP contribution in [0, 0.1) is 17.3 Å². The van der Waals surface area contributed by atoms with E-state index in [4.69, 9.17) is 23.3 Å². The average molecular weight is 669 g/mol. The fourth-order valence-corrected chi connectivity index (χ4v) is 7.07. The fourth-order valence-electron chi connectivity index (χ4n) is 7.07. The summed E-state index contributed by atoms with van der Waals surface area (Å²) in [5.41, 5.74) is 2.40. The summed E-state index contributed by atoms with van der Waals surface area (Å²) in [6.07, 6.45) is -0.296. The maximum absolute atomic E-state index is 14.2. The second-order valence-electron chi connectivity index (χ2n) is 14.5. The van der Waals surface area contributed by atoms with Crippen molar-refractivity contribution in [3.63, 3.8) is 0 Å². The number of Topliss-reactive ketones (excluding diaryl/α,β-unsaturated/α-hetero) is 1. The number of oxazole rings is 2. The molecule has 12 heteroatoms. The molecule has 0 radical (unpaired) electrons. The quantitative estimate of drug-likeness (QED) is 0.221. The van der Waals surface area contributed by atoms with Gasteiger partial charge in [0.15, 0.2) is 23.5 Å². The second kappa shape index (κ2) is 11.9. The van der Waals surface area contributed by atoms with Gasteiger partial charge in [0.05, 0.1) is 0 Å². The highest BCUT2D eigenvalue weighted by molar-refractivity contribution is 5.89. The predicted octanol–water partition coefficient (Wildman–Crippen LogP) is 5.22. The third-order valence-electron chi connectivity index (χ3n) is 9.59. The standard InChI is InChI=1S/C37H40N4O8/c1-18(2)29(44)26(43)15-21-13-20-11-12-27-24(14-20)37(23-9-7-8-10-25(23)39-35(37)48-27)31-28(33-38-22(17-47-33)16-46-19(3)42)40-34(49-31)30(36(4,5)6)41-32(21)45/h7-12,14,17-18,21,29-30,35,39,44H,13,15-16H2,1-6H3,(H,41,45)/t21-,29+,30-,35+,37?/m1/s1. The molecule has 5 heterocycles. The minimum atomic E-state index is -1.19. The molecule has 2 aromatic carbocycles. The van der Waals surface area contributed by atoms with Crippen molar-refractivity contribution in [1.82, 2.24) is 15.3 Å². The molecule has 5 atom stereocenters. The van der Waals surface area contributed by atoms with Gasteiger partial charge in [0.1, 0.15) is 41.9 Å². The van der Waals surface area contributed by atoms with Crippen molar-refractivity contribution in [3.05, 3.63) is 82.8 Å². The number of hydrogen-bond acceptors (Lipinski definition) is 11. The van der Waals surface area contributed by atoms with Crippen molar-refractivity contribution in [3.8, 4) is 17.3 Å². The van der Waals surface area contributed by atoms with Gasteiger partial charge >= 0.3 is 5.97 Å². The van der Waals surface area contributed by atoms with Gasteiger partial charge in [-0.3, -0.25) is 14.4 Å². The van der Waals surface area contributed by atoms with E-state index < -0.39 is 46.9 Å². The van der Waals surface area contributed by atoms with Crippen LogP contribution in [-0.4, -0.2) is 45.1 Å². The highest BCUT2D eigenvalue weighted by Gasteiger charge is 2.61. The van der Waals surface area contributed by atoms with Crippen LogP contribution in [0.3, 0.4) is 0 Å². The smallest absolute Gasteiger partial charge is 0.303 e. The molecule has 1 spiro atoms. The van der Waals surface area contributed by atoms with Crippen LogP contribution >= 0.6 is 0 Å². The monoisotopic (exact) mass is 668 g/mol. The number of nitrogens with one attached hydrogen (secondary N) is 2. The van der Waals surface area contributed by atoms with E-state index in [-0.39, 0.29) is 43.1 Å². The number of para-hydroxylation sites is 1. The summed E-state index contributed by atoms with van der Waals surface area (Å²) in [6.45, 7) is 10.7. The molecule has 3 aliphatic heterocycles. The van der Waals surface area contributed by atoms with Gasteiger partial charge < -0.3 is 34.0 Å². The number of aliphatic hydroxyl groups excluding tert-OH is 1. The average Bonchev–Trinajstić information content (AvgIpc) is 3.82. The molecule has 3 N–H and O–H groups in total. The minimum absolute atomic E-state index is 0.0847. The molecular weight excluding hydrogens is 628 g/mol. The molecular formula is C37H40N4O8. The van der Waals surface area contributed by atoms with Crippen LogP contribution in [0.5, 0.6) is 5.75 Å². The molecule has 1 unspecified atom stereocenters. The highest BCUT2D eigenvalue weighted by atomic mass is 16.5. The number of ketones is 1. The van der Waals surface area contributed by atoms with E-state index in [1.165, 1.54) is 13.2 Å². The van der Waals surface area contributed by atoms with Crippen molar-refractivity contribution >= 4 is 23.3 Å². The first kappa shape index (κ1) is 32.6. The summed E-state index contributed by atoms with van der Waals surface area (Å²) in [7, 11) is 0. The van der Waals surface area contributed by atoms with Crippen LogP contribution in [0.2, 0.25) is 0 Å². The number of hydrogen-bond donors (Lipinski definition) is 3. The fraction of sp³-hybridized carbons (Fsp3) is 0.432. The summed E-state index contributed by atoms with van der Waals surface area (Å²) in [5, 5.41) is 17.3. The lowest BCUT2D eigenvalue weighted by Crippen LogP contribution is -2.42. The maximum atomic E-state index is 14.2. The molecule has 1 amide bonds. The number of aliphatic hydroxyl groups is 1. The van der Waals surface area contributed by atoms with Crippen molar-refractivity contribution in [2.75, 3.05) is 5.32 Å². The first-order chi connectivity index (χ1) is 23.3. The van der Waals surface area contributed by atoms with E-state index in [0.29, 0.717) is 22.9 Å². The lowest BCUT2D eigenvalue weighted by molar-refractivity contribution is -0.142. The molecule has 7 rings (SSSR count). The molecule has 4 bridgehead atoms. The minimum Gasteiger partial charge on any atom is -0.469 e. The van der Waals surface area contributed by atoms with E-state index in [2.05, 4.69) is 15.6 Å². The number of benzene rings is 2. The lowest BCUT2D eigenvalue weighted by atomic mass is 9.72. The number of ether oxygens (including phenoxy) is 2. The van der Waals surface area contributed by atoms with Crippen molar-refractivity contribution in [2.24, 2.45) is 17.3 Å². The third-order valence-corrected chi connectivity index (χ3v) is 9.59. The number of esters is 1. The van der Waals surface area contributed by atoms with Gasteiger partial charge in [-0.2, -0.15) is 0 Å². The number of amides is 1. The molecule has 0 saturated carbocycles. The Morgan fingerprint density at radius 3 is 2.61 bits per heavy atom. The first-order valence-electron chi connectivity index (χ1n) is 16.5. The summed E-state index contributed by atoms with van der Waals surface area (Å²) in [4.78, 5) is 48.6. The summed E-state index contributed by atoms with van der Waals surface area (Å²) >= 11 is 0. The largest absolute Gasteiger partial charge is 0.469 e. The molecule has 3 aliphatic rings. The van der Waals surface area contributed by atoms with Crippen LogP contribution < -0.4 is 15.4 Å². The number of carbonyl (C=O) groups excluding carboxylic acids is 3. The van der Waals surface area contributed by atoms with Crippen LogP contribution in [-0.2, 0) is 37.6 Å². The van der Waals surface area contributed by atoms with E-state index in [1.54, 1.807) is 13.8 Å². The normalized spacial score (nSPS) is 22.9. The van der Waals surface area contributed by atoms with E-state index >= 15 is 0 Å². The second-order valence-corrected chi connectivity index (χ2v) is 14.5. The van der Waals surface area contributed by atoms with Crippen LogP contribution in [0.1, 0.15) is 88.0 Å². The molecule has 4 aromatic rings. The van der Waals surface area contributed by atoms with Gasteiger partial charge in [-0.1, -0.05) is 65.0 Å². The van der Waals surface area contributed by atoms with Gasteiger partial charge in [0.25, 0.3) is 0 Å². The van der Waals surface area contributed by atoms with Gasteiger partial charge in [0, 0.05) is 30.5 Å². The van der Waals surface area contributed by atoms with Gasteiger partial charge in [-0.05, 0) is 41.0 Å². The van der Waals surface area contributed by atoms with E-state index in [1.807, 2.05) is 63.2 Å². The zero-order chi connectivity index (χ0) is 34.8. The van der Waals surface area contributed by atoms with Gasteiger partial charge in [-0.15, -0.1) is 0 Å². The Morgan fingerprint density at radius 1 is 1.10 bits per heavy atom. The molecule has 49 heavy (non-hydrogen) atoms. The Morgan fingerprint density at radius 2 is 1.88 bits per heavy atom. The van der Waals surface area contributed by atoms with E-state index in [0.717, 1.165) is 22.4 Å². The first-order valence-corrected chi connectivity index (χ1v) is 16.5. The topological polar surface area (TPSA) is 166 Å². The van der Waals surface area contributed by atoms with Crippen molar-refractivity contribution in [2.45, 2.75) is 84.8 Å². The number of aromatic nitrogens is 2. The van der Waals surface area contributed by atoms with E-state index in [9.17, 15) is 19.5 Å². The van der Waals surface area contributed by atoms with Crippen molar-refractivity contribution < 1.29 is 37.8 Å². The molecule has 0 saturated heterocycles. The Labute approximate surface area is 283 Å². The zero-order valence-corrected chi connectivity index (χ0v) is 28.3. The summed E-state index contributed by atoms with van der Waals surface area (Å²) in [5.74, 6) is -0.862. The number of carbonyl (C=O) groups is 3. The Balaban J connectivity index is 1.47. The summed E-state index contributed by atoms with van der Waals surface area (Å²) < 4.78 is 24.6. The Hall–Kier alpha value is -4.97. The Kier molecular flexibility index (Phi) is 7.89. The van der Waals surface area contributed by atoms with Gasteiger partial charge in [0.2, 0.25) is 17.7 Å². The number of fused-ring (bicyclic) bond motifs is 4. The summed E-state index contributed by atoms with van der Waals surface area (Å²) in [6, 6.07) is 12.9. The number of nitrogens with zero attached hydrogens (tertiary/aromatic N) is 2. The van der Waals surface area contributed by atoms with Crippen molar-refractivity contribution in [1.29, 1.82) is 0 Å². The molecule has 0 aliphatic carbocycles. The van der Waals surface area contributed by atoms with Gasteiger partial charge in [-0.25, -0.2) is 9.97 Å². The lowest BCUT2D eigenvalue weighted by Gasteiger charge is -2.32. The maximum Gasteiger partial charge on any atom is 0.303 e. The third kappa shape index (κ3) is 5.47. The molecule has 0 fully saturated rings. The predicted molar refractivity (Wildman–Crippen MR) is 176 cm³/mol. The van der Waals surface area contributed by atoms with Crippen LogP contribution in [0.25, 0.3) is 11.6 Å². The van der Waals surface area contributed by atoms with Crippen LogP contribution in [0.15, 0.2) is 57.6 Å². The SMILES string of the molecule is CC(=O)OCc1coc(-c2nc3oc2C24c5ccccc5N[C@H]2Oc2ccc(cc24)C[C@H](CC(=O)[C@@H](O)C(C)C)C(=O)N[C@H]3C(C)(C)C)n1.